The Morgan fingerprint density at radius 3 is 2.61 bits per heavy atom. The van der Waals surface area contributed by atoms with Crippen molar-refractivity contribution in [2.75, 3.05) is 16.8 Å². The number of thioether (sulfide) groups is 1. The number of nitrogens with one attached hydrogen (secondary N) is 2. The van der Waals surface area contributed by atoms with E-state index in [-0.39, 0.29) is 34.0 Å². The van der Waals surface area contributed by atoms with Crippen molar-refractivity contribution in [2.24, 2.45) is 0 Å². The molecule has 0 aliphatic carbocycles. The van der Waals surface area contributed by atoms with E-state index in [2.05, 4.69) is 15.3 Å². The molecule has 0 spiro atoms. The highest BCUT2D eigenvalue weighted by atomic mass is 35.5. The van der Waals surface area contributed by atoms with Crippen molar-refractivity contribution < 1.29 is 9.59 Å². The van der Waals surface area contributed by atoms with E-state index in [4.69, 9.17) is 17.3 Å². The van der Waals surface area contributed by atoms with Crippen LogP contribution in [0.5, 0.6) is 0 Å². The van der Waals surface area contributed by atoms with Crippen LogP contribution < -0.4 is 16.6 Å². The molecular formula is C19H15ClN4O3S. The summed E-state index contributed by atoms with van der Waals surface area (Å²) in [5, 5.41) is 3.31. The number of carbonyl (C=O) groups excluding carboxylic acids is 2. The Hall–Kier alpha value is -3.10. The van der Waals surface area contributed by atoms with Gasteiger partial charge in [-0.2, -0.15) is 0 Å². The van der Waals surface area contributed by atoms with Gasteiger partial charge in [0.05, 0.1) is 11.4 Å². The number of carbonyl (C=O) groups is 2. The molecule has 0 saturated carbocycles. The number of hydrogen-bond acceptors (Lipinski definition) is 6. The molecule has 0 saturated heterocycles. The number of hydrogen-bond donors (Lipinski definition) is 3. The van der Waals surface area contributed by atoms with Gasteiger partial charge < -0.3 is 16.0 Å². The minimum Gasteiger partial charge on any atom is -0.383 e. The highest BCUT2D eigenvalue weighted by Crippen LogP contribution is 2.24. The maximum Gasteiger partial charge on any atom is 0.253 e. The zero-order valence-electron chi connectivity index (χ0n) is 14.4. The number of benzene rings is 2. The zero-order valence-corrected chi connectivity index (χ0v) is 16.0. The topological polar surface area (TPSA) is 118 Å². The van der Waals surface area contributed by atoms with E-state index < -0.39 is 5.56 Å². The Bertz CT molecular complexity index is 1090. The summed E-state index contributed by atoms with van der Waals surface area (Å²) in [5.41, 5.74) is 6.23. The molecule has 0 atom stereocenters. The Morgan fingerprint density at radius 2 is 1.89 bits per heavy atom. The summed E-state index contributed by atoms with van der Waals surface area (Å²) in [7, 11) is 0. The van der Waals surface area contributed by atoms with Crippen LogP contribution in [0.2, 0.25) is 5.02 Å². The predicted octanol–water partition coefficient (Wildman–Crippen LogP) is 2.97. The number of ketones is 1. The van der Waals surface area contributed by atoms with Crippen molar-refractivity contribution in [1.82, 2.24) is 9.97 Å². The fraction of sp³-hybridized carbons (Fsp3) is 0.0526. The van der Waals surface area contributed by atoms with E-state index in [0.717, 1.165) is 17.8 Å². The van der Waals surface area contributed by atoms with Crippen LogP contribution in [0.4, 0.5) is 11.5 Å². The van der Waals surface area contributed by atoms with Gasteiger partial charge in [0.15, 0.2) is 10.9 Å². The third-order valence-corrected chi connectivity index (χ3v) is 4.72. The van der Waals surface area contributed by atoms with Crippen molar-refractivity contribution in [3.8, 4) is 0 Å². The molecule has 4 N–H and O–H groups in total. The second kappa shape index (κ2) is 8.73. The zero-order chi connectivity index (χ0) is 20.1. The fourth-order valence-corrected chi connectivity index (χ4v) is 3.25. The summed E-state index contributed by atoms with van der Waals surface area (Å²) < 4.78 is 0. The van der Waals surface area contributed by atoms with Gasteiger partial charge in [-0.05, 0) is 18.2 Å². The molecule has 3 rings (SSSR count). The summed E-state index contributed by atoms with van der Waals surface area (Å²) in [6.45, 7) is 0. The van der Waals surface area contributed by atoms with Crippen LogP contribution in [0.1, 0.15) is 15.9 Å². The highest BCUT2D eigenvalue weighted by Gasteiger charge is 2.16. The lowest BCUT2D eigenvalue weighted by molar-refractivity contribution is -0.113. The van der Waals surface area contributed by atoms with Gasteiger partial charge in [0.1, 0.15) is 5.82 Å². The third kappa shape index (κ3) is 4.99. The Kier molecular flexibility index (Phi) is 6.13. The molecule has 1 heterocycles. The van der Waals surface area contributed by atoms with Crippen LogP contribution in [-0.2, 0) is 4.79 Å². The molecule has 0 aliphatic rings. The molecule has 0 bridgehead atoms. The van der Waals surface area contributed by atoms with Gasteiger partial charge >= 0.3 is 0 Å². The lowest BCUT2D eigenvalue weighted by Gasteiger charge is -2.11. The molecule has 1 amide bonds. The maximum atomic E-state index is 12.8. The summed E-state index contributed by atoms with van der Waals surface area (Å²) in [6, 6.07) is 14.5. The van der Waals surface area contributed by atoms with E-state index in [9.17, 15) is 14.4 Å². The lowest BCUT2D eigenvalue weighted by Crippen LogP contribution is -2.18. The predicted molar refractivity (Wildman–Crippen MR) is 110 cm³/mol. The number of halogens is 1. The summed E-state index contributed by atoms with van der Waals surface area (Å²) in [5.74, 6) is -0.596. The van der Waals surface area contributed by atoms with E-state index in [1.165, 1.54) is 6.07 Å². The van der Waals surface area contributed by atoms with E-state index in [0.29, 0.717) is 16.3 Å². The second-order valence-corrected chi connectivity index (χ2v) is 7.10. The number of amides is 1. The van der Waals surface area contributed by atoms with Crippen molar-refractivity contribution in [3.05, 3.63) is 81.1 Å². The molecule has 2 aromatic carbocycles. The number of rotatable bonds is 6. The largest absolute Gasteiger partial charge is 0.383 e. The Morgan fingerprint density at radius 1 is 1.14 bits per heavy atom. The third-order valence-electron chi connectivity index (χ3n) is 3.62. The van der Waals surface area contributed by atoms with Gasteiger partial charge in [-0.3, -0.25) is 14.4 Å². The molecule has 142 valence electrons. The molecule has 9 heteroatoms. The van der Waals surface area contributed by atoms with Crippen molar-refractivity contribution in [3.63, 3.8) is 0 Å². The molecule has 0 unspecified atom stereocenters. The SMILES string of the molecule is Nc1cc(=O)[nH]c(SCC(=O)Nc2ccc(Cl)cc2C(=O)c2ccccc2)n1. The summed E-state index contributed by atoms with van der Waals surface area (Å²) in [6.07, 6.45) is 0. The molecular weight excluding hydrogens is 400 g/mol. The molecule has 28 heavy (non-hydrogen) atoms. The minimum atomic E-state index is -0.399. The average Bonchev–Trinajstić information content (AvgIpc) is 2.67. The molecule has 0 radical (unpaired) electrons. The Labute approximate surface area is 169 Å². The highest BCUT2D eigenvalue weighted by molar-refractivity contribution is 7.99. The number of aromatic nitrogens is 2. The van der Waals surface area contributed by atoms with E-state index in [1.807, 2.05) is 6.07 Å². The van der Waals surface area contributed by atoms with Crippen molar-refractivity contribution in [1.29, 1.82) is 0 Å². The normalized spacial score (nSPS) is 10.5. The lowest BCUT2D eigenvalue weighted by atomic mass is 10.0. The number of nitrogens with zero attached hydrogens (tertiary/aromatic N) is 1. The number of H-pyrrole nitrogens is 1. The Balaban J connectivity index is 1.75. The average molecular weight is 415 g/mol. The van der Waals surface area contributed by atoms with Crippen LogP contribution in [0.15, 0.2) is 64.5 Å². The van der Waals surface area contributed by atoms with Crippen LogP contribution >= 0.6 is 23.4 Å². The first-order chi connectivity index (χ1) is 13.4. The molecule has 0 fully saturated rings. The van der Waals surface area contributed by atoms with Gasteiger partial charge in [-0.1, -0.05) is 53.7 Å². The maximum absolute atomic E-state index is 12.8. The number of anilines is 2. The minimum absolute atomic E-state index is 0.0337. The first-order valence-electron chi connectivity index (χ1n) is 8.11. The summed E-state index contributed by atoms with van der Waals surface area (Å²) >= 11 is 7.05. The van der Waals surface area contributed by atoms with Crippen molar-refractivity contribution >= 4 is 46.6 Å². The van der Waals surface area contributed by atoms with E-state index in [1.54, 1.807) is 36.4 Å². The quantitative estimate of drug-likeness (QED) is 0.324. The van der Waals surface area contributed by atoms with Crippen molar-refractivity contribution in [2.45, 2.75) is 5.16 Å². The first kappa shape index (κ1) is 19.7. The van der Waals surface area contributed by atoms with Gasteiger partial charge in [-0.25, -0.2) is 4.98 Å². The van der Waals surface area contributed by atoms with Crippen LogP contribution in [0.3, 0.4) is 0 Å². The van der Waals surface area contributed by atoms with Gasteiger partial charge in [0.2, 0.25) is 5.91 Å². The van der Waals surface area contributed by atoms with E-state index >= 15 is 0 Å². The molecule has 3 aromatic rings. The monoisotopic (exact) mass is 414 g/mol. The first-order valence-corrected chi connectivity index (χ1v) is 9.47. The summed E-state index contributed by atoms with van der Waals surface area (Å²) in [4.78, 5) is 42.9. The molecule has 1 aromatic heterocycles. The van der Waals surface area contributed by atoms with Crippen LogP contribution in [0, 0.1) is 0 Å². The molecule has 7 nitrogen and oxygen atoms in total. The number of nitrogen functional groups attached to an aromatic ring is 1. The van der Waals surface area contributed by atoms with Gasteiger partial charge in [0.25, 0.3) is 5.56 Å². The van der Waals surface area contributed by atoms with Crippen LogP contribution in [-0.4, -0.2) is 27.4 Å². The van der Waals surface area contributed by atoms with Gasteiger partial charge in [0, 0.05) is 22.2 Å². The van der Waals surface area contributed by atoms with Gasteiger partial charge in [-0.15, -0.1) is 0 Å². The molecule has 0 aliphatic heterocycles. The fourth-order valence-electron chi connectivity index (χ4n) is 2.40. The van der Waals surface area contributed by atoms with Crippen LogP contribution in [0.25, 0.3) is 0 Å². The standard InChI is InChI=1S/C19H15ClN4O3S/c20-12-6-7-14(13(8-12)18(27)11-4-2-1-3-5-11)22-17(26)10-28-19-23-15(21)9-16(25)24-19/h1-9H,10H2,(H,22,26)(H3,21,23,24,25). The smallest absolute Gasteiger partial charge is 0.253 e. The number of nitrogens with two attached hydrogens (primary N) is 1. The second-order valence-electron chi connectivity index (χ2n) is 5.70. The number of aromatic amines is 1.